The molecule has 0 aliphatic heterocycles. The number of ether oxygens (including phenoxy) is 1. The lowest BCUT2D eigenvalue weighted by atomic mass is 10.2. The van der Waals surface area contributed by atoms with E-state index >= 15 is 0 Å². The summed E-state index contributed by atoms with van der Waals surface area (Å²) < 4.78 is 15.0. The van der Waals surface area contributed by atoms with Crippen molar-refractivity contribution in [1.29, 1.82) is 0 Å². The van der Waals surface area contributed by atoms with Crippen molar-refractivity contribution in [1.82, 2.24) is 10.1 Å². The van der Waals surface area contributed by atoms with Gasteiger partial charge in [-0.15, -0.1) is 0 Å². The Bertz CT molecular complexity index is 439. The van der Waals surface area contributed by atoms with Crippen molar-refractivity contribution in [2.45, 2.75) is 18.9 Å². The van der Waals surface area contributed by atoms with Crippen molar-refractivity contribution in [3.05, 3.63) is 24.5 Å². The van der Waals surface area contributed by atoms with E-state index in [1.54, 1.807) is 25.7 Å². The third kappa shape index (κ3) is 2.92. The minimum absolute atomic E-state index is 0.252. The normalized spacial score (nSPS) is 12.8. The van der Waals surface area contributed by atoms with E-state index in [2.05, 4.69) is 10.1 Å². The van der Waals surface area contributed by atoms with Gasteiger partial charge in [-0.1, -0.05) is 5.16 Å². The first-order chi connectivity index (χ1) is 8.31. The Morgan fingerprint density at radius 3 is 3.12 bits per heavy atom. The summed E-state index contributed by atoms with van der Waals surface area (Å²) >= 11 is 0. The van der Waals surface area contributed by atoms with Crippen LogP contribution in [0.4, 0.5) is 0 Å². The van der Waals surface area contributed by atoms with E-state index in [4.69, 9.17) is 19.4 Å². The molecule has 0 aromatic carbocycles. The molecule has 2 rings (SSSR count). The summed E-state index contributed by atoms with van der Waals surface area (Å²) in [5, 5.41) is 3.85. The predicted molar refractivity (Wildman–Crippen MR) is 60.0 cm³/mol. The van der Waals surface area contributed by atoms with Gasteiger partial charge in [0, 0.05) is 13.7 Å². The fourth-order valence-electron chi connectivity index (χ4n) is 1.47. The van der Waals surface area contributed by atoms with Crippen LogP contribution in [0.5, 0.6) is 0 Å². The Balaban J connectivity index is 1.98. The number of rotatable bonds is 6. The molecule has 0 bridgehead atoms. The highest BCUT2D eigenvalue weighted by Gasteiger charge is 2.15. The highest BCUT2D eigenvalue weighted by atomic mass is 16.5. The van der Waals surface area contributed by atoms with E-state index in [1.165, 1.54) is 0 Å². The second-order valence-corrected chi connectivity index (χ2v) is 3.71. The topological polar surface area (TPSA) is 87.3 Å². The van der Waals surface area contributed by atoms with Gasteiger partial charge >= 0.3 is 0 Å². The molecule has 0 spiro atoms. The van der Waals surface area contributed by atoms with Gasteiger partial charge in [-0.05, 0) is 18.9 Å². The molecule has 0 saturated heterocycles. The number of methoxy groups -OCH3 is 1. The molecule has 0 aliphatic carbocycles. The van der Waals surface area contributed by atoms with E-state index in [0.717, 1.165) is 18.4 Å². The number of nitrogens with two attached hydrogens (primary N) is 1. The third-order valence-corrected chi connectivity index (χ3v) is 2.40. The van der Waals surface area contributed by atoms with Crippen molar-refractivity contribution in [2.24, 2.45) is 5.73 Å². The predicted octanol–water partition coefficient (Wildman–Crippen LogP) is 1.76. The Hall–Kier alpha value is -1.66. The first-order valence-electron chi connectivity index (χ1n) is 5.42. The van der Waals surface area contributed by atoms with E-state index in [-0.39, 0.29) is 6.04 Å². The number of hydrogen-bond acceptors (Lipinski definition) is 6. The lowest BCUT2D eigenvalue weighted by Gasteiger charge is -2.04. The summed E-state index contributed by atoms with van der Waals surface area (Å²) in [5.41, 5.74) is 6.71. The van der Waals surface area contributed by atoms with Crippen LogP contribution >= 0.6 is 0 Å². The van der Waals surface area contributed by atoms with Gasteiger partial charge in [-0.25, -0.2) is 0 Å². The smallest absolute Gasteiger partial charge is 0.243 e. The van der Waals surface area contributed by atoms with Gasteiger partial charge in [0.25, 0.3) is 0 Å². The van der Waals surface area contributed by atoms with Crippen molar-refractivity contribution in [3.63, 3.8) is 0 Å². The molecule has 92 valence electrons. The molecule has 1 unspecified atom stereocenters. The van der Waals surface area contributed by atoms with Gasteiger partial charge in [0.05, 0.1) is 17.9 Å². The summed E-state index contributed by atoms with van der Waals surface area (Å²) in [4.78, 5) is 4.23. The molecule has 2 heterocycles. The van der Waals surface area contributed by atoms with Gasteiger partial charge in [0.15, 0.2) is 0 Å². The summed E-state index contributed by atoms with van der Waals surface area (Å²) in [6.45, 7) is 0.677. The molecule has 1 atom stereocenters. The zero-order valence-corrected chi connectivity index (χ0v) is 9.63. The van der Waals surface area contributed by atoms with Crippen molar-refractivity contribution in [2.75, 3.05) is 13.7 Å². The average Bonchev–Trinajstić information content (AvgIpc) is 3.00. The summed E-state index contributed by atoms with van der Waals surface area (Å²) in [6.07, 6.45) is 4.73. The minimum atomic E-state index is -0.252. The average molecular weight is 237 g/mol. The Labute approximate surface area is 98.7 Å². The number of furan rings is 1. The maximum Gasteiger partial charge on any atom is 0.243 e. The first kappa shape index (κ1) is 11.8. The zero-order valence-electron chi connectivity index (χ0n) is 9.63. The molecule has 17 heavy (non-hydrogen) atoms. The van der Waals surface area contributed by atoms with Crippen LogP contribution in [0, 0.1) is 0 Å². The molecule has 2 aromatic rings. The van der Waals surface area contributed by atoms with Crippen LogP contribution in [0.3, 0.4) is 0 Å². The SMILES string of the molecule is COCCCC(N)c1nc(-c2ccoc2)no1. The lowest BCUT2D eigenvalue weighted by molar-refractivity contribution is 0.188. The molecule has 0 amide bonds. The minimum Gasteiger partial charge on any atom is -0.472 e. The number of hydrogen-bond donors (Lipinski definition) is 1. The van der Waals surface area contributed by atoms with Crippen LogP contribution in [0.1, 0.15) is 24.8 Å². The van der Waals surface area contributed by atoms with E-state index in [1.807, 2.05) is 0 Å². The molecule has 2 aromatic heterocycles. The quantitative estimate of drug-likeness (QED) is 0.770. The molecule has 6 nitrogen and oxygen atoms in total. The van der Waals surface area contributed by atoms with Gasteiger partial charge in [-0.3, -0.25) is 0 Å². The van der Waals surface area contributed by atoms with Gasteiger partial charge < -0.3 is 19.4 Å². The maximum absolute atomic E-state index is 5.93. The Morgan fingerprint density at radius 1 is 1.53 bits per heavy atom. The van der Waals surface area contributed by atoms with Crippen LogP contribution in [-0.4, -0.2) is 23.9 Å². The van der Waals surface area contributed by atoms with Gasteiger partial charge in [-0.2, -0.15) is 4.98 Å². The fraction of sp³-hybridized carbons (Fsp3) is 0.455. The van der Waals surface area contributed by atoms with Crippen LogP contribution in [0.2, 0.25) is 0 Å². The van der Waals surface area contributed by atoms with Crippen molar-refractivity contribution in [3.8, 4) is 11.4 Å². The van der Waals surface area contributed by atoms with E-state index in [9.17, 15) is 0 Å². The molecule has 0 fully saturated rings. The second kappa shape index (κ2) is 5.60. The molecular formula is C11H15N3O3. The third-order valence-electron chi connectivity index (χ3n) is 2.40. The highest BCUT2D eigenvalue weighted by Crippen LogP contribution is 2.19. The molecule has 2 N–H and O–H groups in total. The van der Waals surface area contributed by atoms with Crippen LogP contribution < -0.4 is 5.73 Å². The standard InChI is InChI=1S/C11H15N3O3/c1-15-5-2-3-9(12)11-13-10(14-17-11)8-4-6-16-7-8/h4,6-7,9H,2-3,5,12H2,1H3. The molecular weight excluding hydrogens is 222 g/mol. The van der Waals surface area contributed by atoms with E-state index in [0.29, 0.717) is 18.3 Å². The van der Waals surface area contributed by atoms with E-state index < -0.39 is 0 Å². The lowest BCUT2D eigenvalue weighted by Crippen LogP contribution is -2.11. The largest absolute Gasteiger partial charge is 0.472 e. The highest BCUT2D eigenvalue weighted by molar-refractivity contribution is 5.51. The van der Waals surface area contributed by atoms with Gasteiger partial charge in [0.1, 0.15) is 6.26 Å². The second-order valence-electron chi connectivity index (χ2n) is 3.71. The summed E-state index contributed by atoms with van der Waals surface area (Å²) in [6, 6.07) is 1.52. The number of nitrogens with zero attached hydrogens (tertiary/aromatic N) is 2. The summed E-state index contributed by atoms with van der Waals surface area (Å²) in [7, 11) is 1.66. The molecule has 6 heteroatoms. The molecule has 0 aliphatic rings. The zero-order chi connectivity index (χ0) is 12.1. The maximum atomic E-state index is 5.93. The Morgan fingerprint density at radius 2 is 2.41 bits per heavy atom. The first-order valence-corrected chi connectivity index (χ1v) is 5.42. The number of aromatic nitrogens is 2. The Kier molecular flexibility index (Phi) is 3.89. The van der Waals surface area contributed by atoms with Crippen molar-refractivity contribution >= 4 is 0 Å². The fourth-order valence-corrected chi connectivity index (χ4v) is 1.47. The monoisotopic (exact) mass is 237 g/mol. The van der Waals surface area contributed by atoms with Crippen LogP contribution in [0.25, 0.3) is 11.4 Å². The molecule has 0 saturated carbocycles. The van der Waals surface area contributed by atoms with Crippen LogP contribution in [0.15, 0.2) is 27.5 Å². The summed E-state index contributed by atoms with van der Waals surface area (Å²) in [5.74, 6) is 0.938. The van der Waals surface area contributed by atoms with Gasteiger partial charge in [0.2, 0.25) is 11.7 Å². The molecule has 0 radical (unpaired) electrons. The van der Waals surface area contributed by atoms with Crippen LogP contribution in [-0.2, 0) is 4.74 Å². The van der Waals surface area contributed by atoms with Crippen molar-refractivity contribution < 1.29 is 13.7 Å².